The smallest absolute Gasteiger partial charge is 0.397 e. The van der Waals surface area contributed by atoms with E-state index >= 15 is 4.79 Å². The van der Waals surface area contributed by atoms with Crippen LogP contribution in [0.25, 0.3) is 0 Å². The van der Waals surface area contributed by atoms with Gasteiger partial charge in [-0.25, -0.2) is 8.98 Å². The molecule has 0 radical (unpaired) electrons. The van der Waals surface area contributed by atoms with E-state index in [1.54, 1.807) is 59.7 Å². The van der Waals surface area contributed by atoms with Gasteiger partial charge in [-0.1, -0.05) is 66.9 Å². The Balaban J connectivity index is 2.28. The number of rotatable bonds is 21. The van der Waals surface area contributed by atoms with Gasteiger partial charge in [0.15, 0.2) is 6.10 Å². The van der Waals surface area contributed by atoms with Gasteiger partial charge in [0.1, 0.15) is 67.0 Å². The molecule has 2 bridgehead atoms. The lowest BCUT2D eigenvalue weighted by Crippen LogP contribution is -2.66. The minimum absolute atomic E-state index is 0.0283. The number of piperidine rings is 1. The summed E-state index contributed by atoms with van der Waals surface area (Å²) in [5, 5.41) is 24.7. The lowest BCUT2D eigenvalue weighted by Gasteiger charge is -2.44. The number of hydrogen-bond donors (Lipinski definition) is 8. The van der Waals surface area contributed by atoms with E-state index in [2.05, 4.69) is 46.7 Å². The van der Waals surface area contributed by atoms with E-state index in [0.29, 0.717) is 41.5 Å². The quantitative estimate of drug-likeness (QED) is 0.0475. The van der Waals surface area contributed by atoms with Crippen LogP contribution >= 0.6 is 15.9 Å². The summed E-state index contributed by atoms with van der Waals surface area (Å²) < 4.78 is 53.0. The molecule has 13 atom stereocenters. The second-order valence-corrected chi connectivity index (χ2v) is 20.9. The van der Waals surface area contributed by atoms with Crippen molar-refractivity contribution in [1.29, 1.82) is 0 Å². The summed E-state index contributed by atoms with van der Waals surface area (Å²) in [6.07, 6.45) is -3.35. The first-order valence-corrected chi connectivity index (χ1v) is 27.1. The number of hydrogen-bond acceptors (Lipinski definition) is 16. The third-order valence-electron chi connectivity index (χ3n) is 13.8. The van der Waals surface area contributed by atoms with Gasteiger partial charge in [-0.05, 0) is 97.0 Å². The highest BCUT2D eigenvalue weighted by Crippen LogP contribution is 2.30. The summed E-state index contributed by atoms with van der Waals surface area (Å²) in [5.74, 6) is -8.66. The van der Waals surface area contributed by atoms with Crippen molar-refractivity contribution in [3.05, 3.63) is 28.2 Å². The summed E-state index contributed by atoms with van der Waals surface area (Å²) in [6.45, 7) is 10.8. The number of amides is 7. The van der Waals surface area contributed by atoms with Crippen LogP contribution in [-0.4, -0.2) is 170 Å². The number of nitrogens with two attached hydrogens (primary N) is 1. The number of carbonyl (C=O) groups is 8. The molecule has 0 aromatic heterocycles. The molecule has 0 aliphatic carbocycles. The van der Waals surface area contributed by atoms with Gasteiger partial charge in [0.25, 0.3) is 5.91 Å². The lowest BCUT2D eigenvalue weighted by molar-refractivity contribution is -0.168. The maximum absolute atomic E-state index is 15.0. The number of cyclic esters (lactones) is 1. The number of carbonyl (C=O) groups excluding carboxylic acids is 8. The summed E-state index contributed by atoms with van der Waals surface area (Å²) >= 11 is 3.48. The summed E-state index contributed by atoms with van der Waals surface area (Å²) in [6, 6.07) is -5.06. The highest BCUT2D eigenvalue weighted by Gasteiger charge is 2.47. The van der Waals surface area contributed by atoms with Crippen molar-refractivity contribution in [3.8, 4) is 5.75 Å². The third-order valence-corrected chi connectivity index (χ3v) is 14.9. The molecule has 1 aromatic rings. The Morgan fingerprint density at radius 3 is 2.15 bits per heavy atom. The maximum Gasteiger partial charge on any atom is 0.397 e. The van der Waals surface area contributed by atoms with Gasteiger partial charge < -0.3 is 61.4 Å². The normalized spacial score (nSPS) is 25.9. The van der Waals surface area contributed by atoms with E-state index in [1.165, 1.54) is 26.0 Å². The molecule has 2 heterocycles. The number of esters is 1. The number of likely N-dealkylation sites (N-methyl/N-ethyl adjacent to an activating group) is 1. The number of aliphatic hydroxyl groups is 1. The van der Waals surface area contributed by atoms with Crippen LogP contribution in [0.5, 0.6) is 5.75 Å². The highest BCUT2D eigenvalue weighted by atomic mass is 79.9. The van der Waals surface area contributed by atoms with E-state index in [1.807, 2.05) is 0 Å². The topological polar surface area (TPSA) is 341 Å². The molecule has 74 heavy (non-hydrogen) atoms. The van der Waals surface area contributed by atoms with Crippen LogP contribution in [0.4, 0.5) is 0 Å². The average Bonchev–Trinajstić information content (AvgIpc) is 3.35. The fourth-order valence-electron chi connectivity index (χ4n) is 8.57. The molecule has 0 spiro atoms. The number of ether oxygens (including phenoxy) is 3. The molecule has 3 rings (SSSR count). The lowest BCUT2D eigenvalue weighted by atomic mass is 9.91. The zero-order chi connectivity index (χ0) is 55.8. The Kier molecular flexibility index (Phi) is 25.1. The molecule has 2 aliphatic rings. The number of benzene rings is 1. The molecule has 2 aliphatic heterocycles. The first-order valence-electron chi connectivity index (χ1n) is 24.9. The Morgan fingerprint density at radius 1 is 0.919 bits per heavy atom. The van der Waals surface area contributed by atoms with Crippen LogP contribution < -0.4 is 37.1 Å². The van der Waals surface area contributed by atoms with Crippen LogP contribution in [0.3, 0.4) is 0 Å². The minimum atomic E-state index is -5.00. The third kappa shape index (κ3) is 17.3. The predicted molar refractivity (Wildman–Crippen MR) is 272 cm³/mol. The first kappa shape index (κ1) is 63.3. The van der Waals surface area contributed by atoms with E-state index < -0.39 is 143 Å². The zero-order valence-electron chi connectivity index (χ0n) is 43.9. The average molecular weight is 1130 g/mol. The summed E-state index contributed by atoms with van der Waals surface area (Å²) in [7, 11) is -1.08. The largest absolute Gasteiger partial charge is 0.496 e. The van der Waals surface area contributed by atoms with E-state index in [4.69, 9.17) is 24.5 Å². The van der Waals surface area contributed by atoms with Crippen molar-refractivity contribution in [3.63, 3.8) is 0 Å². The van der Waals surface area contributed by atoms with Gasteiger partial charge in [0.05, 0.1) is 11.6 Å². The Morgan fingerprint density at radius 2 is 1.58 bits per heavy atom. The summed E-state index contributed by atoms with van der Waals surface area (Å²) in [4.78, 5) is 118. The number of halogens is 1. The van der Waals surface area contributed by atoms with Gasteiger partial charge >= 0.3 is 16.4 Å². The molecule has 9 N–H and O–H groups in total. The number of aliphatic hydroxyl groups excluding tert-OH is 1. The van der Waals surface area contributed by atoms with Gasteiger partial charge in [-0.2, -0.15) is 8.42 Å². The van der Waals surface area contributed by atoms with E-state index in [9.17, 15) is 47.1 Å². The Hall–Kier alpha value is -4.99. The molecule has 2 fully saturated rings. The Bertz CT molecular complexity index is 2240. The SMILES string of the molecule is CCC(C)C(NC(=O)C(COS(=O)(=O)O)OC)C(=O)NC1C(=O)NC(CCCCN)C(=O)NC2CCC(O)N(C2=O)C(C(C)CC)C(=O)N(C)C(Cc2ccc(OC)c(Br)c2)C(=O)NC(C(C)CC)C(=O)OC1C. The van der Waals surface area contributed by atoms with Crippen molar-refractivity contribution in [2.75, 3.05) is 34.4 Å². The molecule has 7 amide bonds. The van der Waals surface area contributed by atoms with E-state index in [0.717, 1.165) is 12.0 Å². The van der Waals surface area contributed by atoms with Crippen molar-refractivity contribution in [1.82, 2.24) is 36.4 Å². The standard InChI is InChI=1S/C48H77BrN8O16S/c1-11-25(4)37(53-43(61)35(71-10)24-72-74(67,68)69)44(62)55-39-28(7)73-48(66)38(26(5)12-2)54-42(60)33(23-29-17-19-34(70-9)30(49)22-29)56(8)47(65)40(27(6)13-3)57-36(58)20-18-32(46(57)64)52-41(59)31(51-45(39)63)16-14-15-21-50/h17,19,22,25-28,31-33,35-40,58H,11-16,18,20-21,23-24,50H2,1-10H3,(H,51,63)(H,52,59)(H,53,61)(H,54,60)(H,55,62)(H,67,68,69). The summed E-state index contributed by atoms with van der Waals surface area (Å²) in [5.41, 5.74) is 6.35. The van der Waals surface area contributed by atoms with Gasteiger partial charge in [0.2, 0.25) is 35.4 Å². The zero-order valence-corrected chi connectivity index (χ0v) is 46.3. The molecule has 13 unspecified atom stereocenters. The molecule has 24 nitrogen and oxygen atoms in total. The monoisotopic (exact) mass is 1130 g/mol. The molecule has 0 saturated carbocycles. The number of nitrogens with one attached hydrogen (secondary N) is 5. The molecule has 26 heteroatoms. The molecule has 418 valence electrons. The van der Waals surface area contributed by atoms with Crippen LogP contribution in [0.2, 0.25) is 0 Å². The molecule has 1 aromatic carbocycles. The van der Waals surface area contributed by atoms with Crippen molar-refractivity contribution in [2.24, 2.45) is 23.5 Å². The maximum atomic E-state index is 15.0. The van der Waals surface area contributed by atoms with Crippen LogP contribution in [-0.2, 0) is 68.8 Å². The van der Waals surface area contributed by atoms with Gasteiger partial charge in [-0.3, -0.25) is 38.1 Å². The number of nitrogens with zero attached hydrogens (tertiary/aromatic N) is 2. The predicted octanol–water partition coefficient (Wildman–Crippen LogP) is 0.608. The van der Waals surface area contributed by atoms with Crippen molar-refractivity contribution < 1.29 is 74.8 Å². The second kappa shape index (κ2) is 29.3. The van der Waals surface area contributed by atoms with Crippen molar-refractivity contribution >= 4 is 73.6 Å². The van der Waals surface area contributed by atoms with Crippen LogP contribution in [0, 0.1) is 17.8 Å². The first-order chi connectivity index (χ1) is 34.8. The minimum Gasteiger partial charge on any atom is -0.496 e. The number of unbranched alkanes of at least 4 members (excludes halogenated alkanes) is 1. The highest BCUT2D eigenvalue weighted by molar-refractivity contribution is 9.10. The second-order valence-electron chi connectivity index (χ2n) is 19.0. The molecular weight excluding hydrogens is 1060 g/mol. The number of fused-ring (bicyclic) bond motifs is 2. The van der Waals surface area contributed by atoms with E-state index in [-0.39, 0.29) is 38.6 Å². The fourth-order valence-corrected chi connectivity index (χ4v) is 9.46. The van der Waals surface area contributed by atoms with Crippen LogP contribution in [0.1, 0.15) is 105 Å². The Labute approximate surface area is 442 Å². The molecule has 2 saturated heterocycles. The van der Waals surface area contributed by atoms with Crippen molar-refractivity contribution in [2.45, 2.75) is 167 Å². The van der Waals surface area contributed by atoms with Gasteiger partial charge in [0, 0.05) is 20.6 Å². The number of methoxy groups -OCH3 is 2. The molecular formula is C48H77BrN8O16S. The van der Waals surface area contributed by atoms with Crippen LogP contribution in [0.15, 0.2) is 22.7 Å². The fraction of sp³-hybridized carbons (Fsp3) is 0.708. The van der Waals surface area contributed by atoms with Gasteiger partial charge in [-0.15, -0.1) is 0 Å².